The summed E-state index contributed by atoms with van der Waals surface area (Å²) in [6, 6.07) is 10.2. The smallest absolute Gasteiger partial charge is 0.241 e. The Labute approximate surface area is 169 Å². The van der Waals surface area contributed by atoms with E-state index in [1.165, 1.54) is 5.56 Å². The summed E-state index contributed by atoms with van der Waals surface area (Å²) < 4.78 is 0. The van der Waals surface area contributed by atoms with Crippen LogP contribution in [0.15, 0.2) is 35.7 Å². The standard InChI is InChI=1S/C21H26N4O2S/c1-15-23-18(14-28-15)21(16-6-4-3-5-7-16)8-10-25(11-9-21)20(27)17-13-24(2)19(26)12-22-17/h3-7,14,17,22H,8-13H2,1-2H3. The lowest BCUT2D eigenvalue weighted by molar-refractivity contribution is -0.140. The molecule has 6 nitrogen and oxygen atoms in total. The second kappa shape index (κ2) is 7.64. The van der Waals surface area contributed by atoms with Crippen LogP contribution in [0.3, 0.4) is 0 Å². The molecule has 1 aromatic carbocycles. The number of carbonyl (C=O) groups is 2. The van der Waals surface area contributed by atoms with E-state index in [2.05, 4.69) is 35.0 Å². The molecule has 2 aromatic rings. The van der Waals surface area contributed by atoms with Crippen LogP contribution in [0, 0.1) is 6.92 Å². The molecule has 1 unspecified atom stereocenters. The molecule has 1 N–H and O–H groups in total. The van der Waals surface area contributed by atoms with Crippen molar-refractivity contribution in [2.75, 3.05) is 33.2 Å². The van der Waals surface area contributed by atoms with Gasteiger partial charge in [0.25, 0.3) is 0 Å². The summed E-state index contributed by atoms with van der Waals surface area (Å²) >= 11 is 1.68. The van der Waals surface area contributed by atoms with E-state index in [-0.39, 0.29) is 29.8 Å². The number of aromatic nitrogens is 1. The quantitative estimate of drug-likeness (QED) is 0.856. The highest BCUT2D eigenvalue weighted by Gasteiger charge is 2.42. The number of thiazole rings is 1. The Kier molecular flexibility index (Phi) is 5.21. The van der Waals surface area contributed by atoms with Gasteiger partial charge in [0.05, 0.1) is 17.2 Å². The van der Waals surface area contributed by atoms with Crippen molar-refractivity contribution in [3.63, 3.8) is 0 Å². The Bertz CT molecular complexity index is 858. The van der Waals surface area contributed by atoms with E-state index < -0.39 is 0 Å². The van der Waals surface area contributed by atoms with Crippen LogP contribution in [0.4, 0.5) is 0 Å². The van der Waals surface area contributed by atoms with Gasteiger partial charge >= 0.3 is 0 Å². The van der Waals surface area contributed by atoms with Crippen LogP contribution in [0.5, 0.6) is 0 Å². The highest BCUT2D eigenvalue weighted by molar-refractivity contribution is 7.09. The third-order valence-electron chi connectivity index (χ3n) is 6.04. The zero-order valence-corrected chi connectivity index (χ0v) is 17.2. The van der Waals surface area contributed by atoms with Gasteiger partial charge in [-0.1, -0.05) is 30.3 Å². The minimum Gasteiger partial charge on any atom is -0.343 e. The first-order chi connectivity index (χ1) is 13.5. The number of piperidine rings is 1. The Morgan fingerprint density at radius 1 is 1.25 bits per heavy atom. The summed E-state index contributed by atoms with van der Waals surface area (Å²) in [5.74, 6) is 0.125. The molecule has 0 bridgehead atoms. The molecule has 28 heavy (non-hydrogen) atoms. The first-order valence-electron chi connectivity index (χ1n) is 9.74. The second-order valence-electron chi connectivity index (χ2n) is 7.73. The predicted octanol–water partition coefficient (Wildman–Crippen LogP) is 1.79. The average molecular weight is 399 g/mol. The summed E-state index contributed by atoms with van der Waals surface area (Å²) in [6.07, 6.45) is 1.71. The van der Waals surface area contributed by atoms with Crippen molar-refractivity contribution < 1.29 is 9.59 Å². The first-order valence-corrected chi connectivity index (χ1v) is 10.6. The Balaban J connectivity index is 1.53. The molecule has 2 saturated heterocycles. The number of nitrogens with zero attached hydrogens (tertiary/aromatic N) is 3. The number of likely N-dealkylation sites (tertiary alicyclic amines) is 1. The molecule has 2 amide bonds. The van der Waals surface area contributed by atoms with Crippen LogP contribution < -0.4 is 5.32 Å². The summed E-state index contributed by atoms with van der Waals surface area (Å²) in [5, 5.41) is 6.33. The molecule has 148 valence electrons. The normalized spacial score (nSPS) is 22.4. The van der Waals surface area contributed by atoms with Crippen molar-refractivity contribution in [1.29, 1.82) is 0 Å². The lowest BCUT2D eigenvalue weighted by atomic mass is 9.70. The Hall–Kier alpha value is -2.25. The monoisotopic (exact) mass is 398 g/mol. The minimum absolute atomic E-state index is 0.0321. The van der Waals surface area contributed by atoms with Crippen LogP contribution in [0.25, 0.3) is 0 Å². The molecule has 0 aliphatic carbocycles. The molecule has 2 aliphatic heterocycles. The average Bonchev–Trinajstić information content (AvgIpc) is 3.17. The van der Waals surface area contributed by atoms with Gasteiger partial charge in [-0.15, -0.1) is 11.3 Å². The van der Waals surface area contributed by atoms with Crippen LogP contribution in [-0.4, -0.2) is 65.9 Å². The van der Waals surface area contributed by atoms with Crippen LogP contribution in [0.1, 0.15) is 29.1 Å². The number of hydrogen-bond acceptors (Lipinski definition) is 5. The number of rotatable bonds is 3. The fourth-order valence-corrected chi connectivity index (χ4v) is 5.02. The lowest BCUT2D eigenvalue weighted by Crippen LogP contribution is -2.60. The maximum atomic E-state index is 13.0. The fourth-order valence-electron chi connectivity index (χ4n) is 4.31. The highest BCUT2D eigenvalue weighted by Crippen LogP contribution is 2.42. The molecule has 7 heteroatoms. The minimum atomic E-state index is -0.312. The number of carbonyl (C=O) groups excluding carboxylic acids is 2. The van der Waals surface area contributed by atoms with Gasteiger partial charge in [-0.2, -0.15) is 0 Å². The maximum absolute atomic E-state index is 13.0. The number of hydrogen-bond donors (Lipinski definition) is 1. The zero-order chi connectivity index (χ0) is 19.7. The van der Waals surface area contributed by atoms with Crippen LogP contribution in [0.2, 0.25) is 0 Å². The molecule has 0 radical (unpaired) electrons. The van der Waals surface area contributed by atoms with Gasteiger partial charge < -0.3 is 9.80 Å². The molecule has 2 aliphatic rings. The van der Waals surface area contributed by atoms with Gasteiger partial charge in [-0.05, 0) is 25.3 Å². The molecule has 2 fully saturated rings. The van der Waals surface area contributed by atoms with E-state index in [1.807, 2.05) is 17.9 Å². The van der Waals surface area contributed by atoms with Gasteiger partial charge in [0, 0.05) is 37.5 Å². The Morgan fingerprint density at radius 2 is 1.96 bits per heavy atom. The summed E-state index contributed by atoms with van der Waals surface area (Å²) in [5.41, 5.74) is 2.25. The molecule has 1 aromatic heterocycles. The largest absolute Gasteiger partial charge is 0.343 e. The van der Waals surface area contributed by atoms with E-state index in [4.69, 9.17) is 4.98 Å². The predicted molar refractivity (Wildman–Crippen MR) is 109 cm³/mol. The van der Waals surface area contributed by atoms with Crippen molar-refractivity contribution in [2.45, 2.75) is 31.2 Å². The molecule has 4 rings (SSSR count). The number of piperazine rings is 1. The van der Waals surface area contributed by atoms with Crippen molar-refractivity contribution in [2.24, 2.45) is 0 Å². The van der Waals surface area contributed by atoms with E-state index in [1.54, 1.807) is 23.3 Å². The van der Waals surface area contributed by atoms with E-state index >= 15 is 0 Å². The Morgan fingerprint density at radius 3 is 2.57 bits per heavy atom. The van der Waals surface area contributed by atoms with Gasteiger partial charge in [-0.3, -0.25) is 14.9 Å². The van der Waals surface area contributed by atoms with Crippen molar-refractivity contribution in [3.05, 3.63) is 52.0 Å². The van der Waals surface area contributed by atoms with Crippen LogP contribution >= 0.6 is 11.3 Å². The summed E-state index contributed by atoms with van der Waals surface area (Å²) in [6.45, 7) is 4.09. The number of nitrogens with one attached hydrogen (secondary N) is 1. The molecule has 1 atom stereocenters. The molecular formula is C21H26N4O2S. The number of aryl methyl sites for hydroxylation is 1. The SMILES string of the molecule is Cc1nc(C2(c3ccccc3)CCN(C(=O)C3CN(C)C(=O)CN3)CC2)cs1. The number of amides is 2. The number of benzene rings is 1. The molecule has 0 spiro atoms. The third kappa shape index (κ3) is 3.44. The van der Waals surface area contributed by atoms with Crippen molar-refractivity contribution in [3.8, 4) is 0 Å². The third-order valence-corrected chi connectivity index (χ3v) is 6.82. The van der Waals surface area contributed by atoms with Crippen molar-refractivity contribution >= 4 is 23.2 Å². The zero-order valence-electron chi connectivity index (χ0n) is 16.4. The van der Waals surface area contributed by atoms with Crippen molar-refractivity contribution in [1.82, 2.24) is 20.1 Å². The summed E-state index contributed by atoms with van der Waals surface area (Å²) in [4.78, 5) is 33.1. The maximum Gasteiger partial charge on any atom is 0.241 e. The second-order valence-corrected chi connectivity index (χ2v) is 8.80. The van der Waals surface area contributed by atoms with Gasteiger partial charge in [0.1, 0.15) is 6.04 Å². The fraction of sp³-hybridized carbons (Fsp3) is 0.476. The molecular weight excluding hydrogens is 372 g/mol. The highest BCUT2D eigenvalue weighted by atomic mass is 32.1. The molecule has 0 saturated carbocycles. The van der Waals surface area contributed by atoms with E-state index in [0.717, 1.165) is 23.5 Å². The van der Waals surface area contributed by atoms with Gasteiger partial charge in [0.2, 0.25) is 11.8 Å². The van der Waals surface area contributed by atoms with Gasteiger partial charge in [0.15, 0.2) is 0 Å². The van der Waals surface area contributed by atoms with Crippen LogP contribution in [-0.2, 0) is 15.0 Å². The lowest BCUT2D eigenvalue weighted by Gasteiger charge is -2.43. The molecule has 3 heterocycles. The van der Waals surface area contributed by atoms with Gasteiger partial charge in [-0.25, -0.2) is 4.98 Å². The summed E-state index contributed by atoms with van der Waals surface area (Å²) in [7, 11) is 1.75. The van der Waals surface area contributed by atoms with E-state index in [0.29, 0.717) is 19.6 Å². The topological polar surface area (TPSA) is 65.5 Å². The first kappa shape index (κ1) is 19.1. The number of likely N-dealkylation sites (N-methyl/N-ethyl adjacent to an activating group) is 1. The van der Waals surface area contributed by atoms with E-state index in [9.17, 15) is 9.59 Å².